The Morgan fingerprint density at radius 1 is 1.03 bits per heavy atom. The van der Waals surface area contributed by atoms with Crippen LogP contribution in [0.3, 0.4) is 0 Å². The molecule has 0 unspecified atom stereocenters. The van der Waals surface area contributed by atoms with Gasteiger partial charge in [-0.3, -0.25) is 9.36 Å². The Morgan fingerprint density at radius 3 is 2.54 bits per heavy atom. The summed E-state index contributed by atoms with van der Waals surface area (Å²) in [5, 5.41) is 10.7. The first-order valence-electron chi connectivity index (χ1n) is 12.2. The summed E-state index contributed by atoms with van der Waals surface area (Å²) in [4.78, 5) is 6.29. The summed E-state index contributed by atoms with van der Waals surface area (Å²) in [7, 11) is 0. The quantitative estimate of drug-likeness (QED) is 0.219. The van der Waals surface area contributed by atoms with Gasteiger partial charge in [0.25, 0.3) is 0 Å². The highest BCUT2D eigenvalue weighted by atomic mass is 35.5. The molecule has 2 aromatic heterocycles. The molecular weight excluding hydrogens is 494 g/mol. The van der Waals surface area contributed by atoms with Crippen LogP contribution in [0, 0.1) is 11.6 Å². The lowest BCUT2D eigenvalue weighted by atomic mass is 9.91. The van der Waals surface area contributed by atoms with Gasteiger partial charge in [0.15, 0.2) is 0 Å². The van der Waals surface area contributed by atoms with Crippen LogP contribution in [0.25, 0.3) is 10.9 Å². The molecule has 0 amide bonds. The van der Waals surface area contributed by atoms with E-state index in [0.29, 0.717) is 12.1 Å². The van der Waals surface area contributed by atoms with E-state index in [2.05, 4.69) is 34.0 Å². The Balaban J connectivity index is 1.45. The fourth-order valence-electron chi connectivity index (χ4n) is 4.66. The van der Waals surface area contributed by atoms with E-state index < -0.39 is 11.6 Å². The van der Waals surface area contributed by atoms with E-state index in [1.165, 1.54) is 24.0 Å². The van der Waals surface area contributed by atoms with Gasteiger partial charge in [-0.1, -0.05) is 29.8 Å². The van der Waals surface area contributed by atoms with Crippen LogP contribution in [0.5, 0.6) is 0 Å². The van der Waals surface area contributed by atoms with E-state index >= 15 is 0 Å². The topological polar surface area (TPSA) is 51.8 Å². The van der Waals surface area contributed by atoms with Crippen molar-refractivity contribution in [2.45, 2.75) is 38.9 Å². The summed E-state index contributed by atoms with van der Waals surface area (Å²) in [6.07, 6.45) is 5.01. The van der Waals surface area contributed by atoms with E-state index in [1.807, 2.05) is 48.1 Å². The van der Waals surface area contributed by atoms with Crippen molar-refractivity contribution >= 4 is 28.2 Å². The minimum atomic E-state index is -0.607. The first kappa shape index (κ1) is 24.9. The molecule has 0 radical (unpaired) electrons. The fraction of sp³-hybridized carbons (Fsp3) is 0.250. The Kier molecular flexibility index (Phi) is 7.19. The standard InChI is InChI=1S/C28H27ClF2N6/c1-3-35(14-20-4-6-22(29)7-5-20)24-9-11-28-21(12-24)15-37(34-28)19(2)26(16-36-18-32-17-33-36)25-10-8-23(30)13-27(25)31/h4-13,15,17-19,26H,3,14,16H2,1-2H3/t19-,26-/m1/s1. The van der Waals surface area contributed by atoms with Gasteiger partial charge in [0, 0.05) is 47.4 Å². The number of rotatable bonds is 9. The molecule has 190 valence electrons. The van der Waals surface area contributed by atoms with Crippen LogP contribution in [-0.4, -0.2) is 31.1 Å². The van der Waals surface area contributed by atoms with Crippen molar-refractivity contribution < 1.29 is 8.78 Å². The molecule has 3 aromatic carbocycles. The fourth-order valence-corrected chi connectivity index (χ4v) is 4.79. The molecule has 0 saturated heterocycles. The molecule has 2 heterocycles. The predicted molar refractivity (Wildman–Crippen MR) is 142 cm³/mol. The van der Waals surface area contributed by atoms with Crippen LogP contribution < -0.4 is 4.90 Å². The van der Waals surface area contributed by atoms with Crippen molar-refractivity contribution in [3.63, 3.8) is 0 Å². The highest BCUT2D eigenvalue weighted by molar-refractivity contribution is 6.30. The molecule has 0 aliphatic rings. The van der Waals surface area contributed by atoms with Crippen molar-refractivity contribution in [3.8, 4) is 0 Å². The van der Waals surface area contributed by atoms with Gasteiger partial charge in [0.05, 0.1) is 18.1 Å². The minimum Gasteiger partial charge on any atom is -0.367 e. The largest absolute Gasteiger partial charge is 0.367 e. The van der Waals surface area contributed by atoms with Gasteiger partial charge in [-0.25, -0.2) is 13.8 Å². The number of hydrogen-bond donors (Lipinski definition) is 0. The average molecular weight is 521 g/mol. The lowest BCUT2D eigenvalue weighted by Crippen LogP contribution is -2.22. The third kappa shape index (κ3) is 5.49. The Labute approximate surface area is 219 Å². The maximum atomic E-state index is 14.9. The third-order valence-electron chi connectivity index (χ3n) is 6.75. The average Bonchev–Trinajstić information content (AvgIpc) is 3.56. The van der Waals surface area contributed by atoms with Crippen LogP contribution in [0.2, 0.25) is 5.02 Å². The molecule has 0 bridgehead atoms. The van der Waals surface area contributed by atoms with Gasteiger partial charge in [-0.2, -0.15) is 10.2 Å². The monoisotopic (exact) mass is 520 g/mol. The molecule has 5 rings (SSSR count). The van der Waals surface area contributed by atoms with E-state index in [4.69, 9.17) is 16.7 Å². The SMILES string of the molecule is CCN(Cc1ccc(Cl)cc1)c1ccc2nn([C@H](C)[C@@H](Cn3cncn3)c3ccc(F)cc3F)cc2c1. The molecule has 6 nitrogen and oxygen atoms in total. The molecule has 0 N–H and O–H groups in total. The minimum absolute atomic E-state index is 0.239. The third-order valence-corrected chi connectivity index (χ3v) is 7.00. The number of halogens is 3. The van der Waals surface area contributed by atoms with Gasteiger partial charge in [0.2, 0.25) is 0 Å². The number of anilines is 1. The van der Waals surface area contributed by atoms with Crippen molar-refractivity contribution in [3.05, 3.63) is 107 Å². The molecular formula is C28H27ClF2N6. The molecule has 0 aliphatic carbocycles. The van der Waals surface area contributed by atoms with Crippen molar-refractivity contribution in [2.24, 2.45) is 0 Å². The summed E-state index contributed by atoms with van der Waals surface area (Å²) in [6.45, 7) is 6.07. The Hall–Kier alpha value is -3.78. The van der Waals surface area contributed by atoms with Crippen LogP contribution >= 0.6 is 11.6 Å². The highest BCUT2D eigenvalue weighted by Gasteiger charge is 2.26. The summed E-state index contributed by atoms with van der Waals surface area (Å²) in [5.74, 6) is -1.55. The van der Waals surface area contributed by atoms with E-state index in [-0.39, 0.29) is 12.0 Å². The molecule has 0 aliphatic heterocycles. The zero-order chi connectivity index (χ0) is 25.9. The van der Waals surface area contributed by atoms with Gasteiger partial charge in [-0.15, -0.1) is 0 Å². The van der Waals surface area contributed by atoms with Crippen molar-refractivity contribution in [2.75, 3.05) is 11.4 Å². The lowest BCUT2D eigenvalue weighted by molar-refractivity contribution is 0.352. The van der Waals surface area contributed by atoms with Crippen LogP contribution in [0.4, 0.5) is 14.5 Å². The lowest BCUT2D eigenvalue weighted by Gasteiger charge is -2.25. The zero-order valence-electron chi connectivity index (χ0n) is 20.6. The number of hydrogen-bond acceptors (Lipinski definition) is 4. The van der Waals surface area contributed by atoms with E-state index in [0.717, 1.165) is 40.8 Å². The highest BCUT2D eigenvalue weighted by Crippen LogP contribution is 2.33. The summed E-state index contributed by atoms with van der Waals surface area (Å²) >= 11 is 6.04. The second-order valence-electron chi connectivity index (χ2n) is 9.12. The van der Waals surface area contributed by atoms with Gasteiger partial charge in [-0.05, 0) is 61.4 Å². The molecule has 2 atom stereocenters. The second kappa shape index (κ2) is 10.7. The summed E-state index contributed by atoms with van der Waals surface area (Å²) < 4.78 is 32.0. The maximum Gasteiger partial charge on any atom is 0.137 e. The Bertz CT molecular complexity index is 1480. The number of nitrogens with zero attached hydrogens (tertiary/aromatic N) is 6. The molecule has 37 heavy (non-hydrogen) atoms. The molecule has 0 fully saturated rings. The smallest absolute Gasteiger partial charge is 0.137 e. The van der Waals surface area contributed by atoms with E-state index in [9.17, 15) is 8.78 Å². The van der Waals surface area contributed by atoms with Crippen LogP contribution in [-0.2, 0) is 13.1 Å². The number of benzene rings is 3. The zero-order valence-corrected chi connectivity index (χ0v) is 21.4. The molecule has 0 saturated carbocycles. The first-order valence-corrected chi connectivity index (χ1v) is 12.5. The Morgan fingerprint density at radius 2 is 1.84 bits per heavy atom. The van der Waals surface area contributed by atoms with Crippen molar-refractivity contribution in [1.82, 2.24) is 24.5 Å². The molecule has 0 spiro atoms. The van der Waals surface area contributed by atoms with Gasteiger partial charge in [0.1, 0.15) is 24.3 Å². The predicted octanol–water partition coefficient (Wildman–Crippen LogP) is 6.63. The second-order valence-corrected chi connectivity index (χ2v) is 9.56. The number of aromatic nitrogens is 5. The summed E-state index contributed by atoms with van der Waals surface area (Å²) in [6, 6.07) is 17.5. The van der Waals surface area contributed by atoms with Gasteiger partial charge >= 0.3 is 0 Å². The van der Waals surface area contributed by atoms with Crippen LogP contribution in [0.15, 0.2) is 79.5 Å². The molecule has 5 aromatic rings. The normalized spacial score (nSPS) is 13.1. The van der Waals surface area contributed by atoms with Crippen LogP contribution in [0.1, 0.15) is 36.9 Å². The maximum absolute atomic E-state index is 14.9. The number of fused-ring (bicyclic) bond motifs is 1. The van der Waals surface area contributed by atoms with Gasteiger partial charge < -0.3 is 4.90 Å². The van der Waals surface area contributed by atoms with E-state index in [1.54, 1.807) is 11.0 Å². The van der Waals surface area contributed by atoms with Crippen molar-refractivity contribution in [1.29, 1.82) is 0 Å². The molecule has 9 heteroatoms. The first-order chi connectivity index (χ1) is 17.9. The summed E-state index contributed by atoms with van der Waals surface area (Å²) in [5.41, 5.74) is 3.51.